The lowest BCUT2D eigenvalue weighted by atomic mass is 9.82. The van der Waals surface area contributed by atoms with Gasteiger partial charge in [0, 0.05) is 31.0 Å². The molecule has 0 spiro atoms. The van der Waals surface area contributed by atoms with Crippen molar-refractivity contribution in [3.63, 3.8) is 0 Å². The molecule has 2 atom stereocenters. The summed E-state index contributed by atoms with van der Waals surface area (Å²) in [6.07, 6.45) is 5.46. The van der Waals surface area contributed by atoms with Crippen LogP contribution in [0.1, 0.15) is 87.2 Å². The number of ether oxygens (including phenoxy) is 1. The maximum atomic E-state index is 14.0. The summed E-state index contributed by atoms with van der Waals surface area (Å²) in [5.41, 5.74) is 0.170. The zero-order valence-electron chi connectivity index (χ0n) is 23.0. The highest BCUT2D eigenvalue weighted by molar-refractivity contribution is 7.15. The number of piperidine rings is 1. The van der Waals surface area contributed by atoms with E-state index >= 15 is 0 Å². The molecule has 2 amide bonds. The lowest BCUT2D eigenvalue weighted by molar-refractivity contribution is -0.124. The van der Waals surface area contributed by atoms with Crippen LogP contribution in [-0.2, 0) is 9.53 Å². The summed E-state index contributed by atoms with van der Waals surface area (Å²) in [4.78, 5) is 43.4. The van der Waals surface area contributed by atoms with Crippen molar-refractivity contribution in [2.24, 2.45) is 17.3 Å². The third-order valence-corrected chi connectivity index (χ3v) is 8.66. The first-order valence-corrected chi connectivity index (χ1v) is 14.7. The Balaban J connectivity index is 1.61. The van der Waals surface area contributed by atoms with Crippen LogP contribution in [0, 0.1) is 29.1 Å². The fourth-order valence-corrected chi connectivity index (χ4v) is 6.32. The molecule has 8 nitrogen and oxygen atoms in total. The number of hydrogen-bond donors (Lipinski definition) is 2. The van der Waals surface area contributed by atoms with E-state index in [1.54, 1.807) is 15.9 Å². The van der Waals surface area contributed by atoms with Gasteiger partial charge >= 0.3 is 12.1 Å². The number of nitrogens with one attached hydrogen (secondary N) is 1. The molecule has 3 heterocycles. The minimum Gasteiger partial charge on any atom is -0.477 e. The molecule has 2 saturated heterocycles. The van der Waals surface area contributed by atoms with Crippen molar-refractivity contribution >= 4 is 35.0 Å². The number of carbonyl (C=O) groups excluding carboxylic acids is 2. The van der Waals surface area contributed by atoms with Crippen LogP contribution in [0.5, 0.6) is 0 Å². The van der Waals surface area contributed by atoms with E-state index in [0.717, 1.165) is 56.4 Å². The molecule has 1 aromatic heterocycles. The Kier molecular flexibility index (Phi) is 9.04. The molecule has 1 aromatic rings. The molecule has 208 valence electrons. The molecular formula is C29H41N3O5S. The van der Waals surface area contributed by atoms with Crippen molar-refractivity contribution < 1.29 is 24.2 Å². The van der Waals surface area contributed by atoms with E-state index in [4.69, 9.17) is 4.74 Å². The van der Waals surface area contributed by atoms with Crippen LogP contribution in [-0.4, -0.2) is 66.3 Å². The number of amides is 2. The molecular weight excluding hydrogens is 502 g/mol. The monoisotopic (exact) mass is 543 g/mol. The Hall–Kier alpha value is -2.57. The lowest BCUT2D eigenvalue weighted by Gasteiger charge is -2.34. The number of thiophene rings is 1. The van der Waals surface area contributed by atoms with Crippen LogP contribution < -0.4 is 10.2 Å². The fourth-order valence-electron chi connectivity index (χ4n) is 5.48. The lowest BCUT2D eigenvalue weighted by Crippen LogP contribution is -2.47. The van der Waals surface area contributed by atoms with Gasteiger partial charge in [-0.15, -0.1) is 11.3 Å². The van der Waals surface area contributed by atoms with Crippen LogP contribution in [0.3, 0.4) is 0 Å². The zero-order chi connectivity index (χ0) is 27.4. The zero-order valence-corrected chi connectivity index (χ0v) is 23.9. The summed E-state index contributed by atoms with van der Waals surface area (Å²) in [6.45, 7) is 10.6. The van der Waals surface area contributed by atoms with Crippen molar-refractivity contribution in [3.05, 3.63) is 15.8 Å². The number of carbonyl (C=O) groups is 3. The maximum absolute atomic E-state index is 14.0. The first kappa shape index (κ1) is 28.4. The number of rotatable bonds is 5. The van der Waals surface area contributed by atoms with Crippen LogP contribution >= 0.6 is 11.3 Å². The first-order valence-electron chi connectivity index (χ1n) is 13.9. The molecule has 1 aliphatic carbocycles. The molecule has 0 radical (unpaired) electrons. The molecule has 3 fully saturated rings. The Morgan fingerprint density at radius 3 is 2.53 bits per heavy atom. The summed E-state index contributed by atoms with van der Waals surface area (Å²) in [5.74, 6) is 5.63. The van der Waals surface area contributed by atoms with Crippen molar-refractivity contribution in [2.75, 3.05) is 31.1 Å². The maximum Gasteiger partial charge on any atom is 0.410 e. The Morgan fingerprint density at radius 1 is 1.16 bits per heavy atom. The highest BCUT2D eigenvalue weighted by atomic mass is 32.1. The molecule has 38 heavy (non-hydrogen) atoms. The van der Waals surface area contributed by atoms with Gasteiger partial charge in [-0.2, -0.15) is 0 Å². The van der Waals surface area contributed by atoms with Gasteiger partial charge in [0.1, 0.15) is 11.0 Å². The third-order valence-electron chi connectivity index (χ3n) is 7.64. The Bertz CT molecular complexity index is 1080. The van der Waals surface area contributed by atoms with Gasteiger partial charge < -0.3 is 25.0 Å². The van der Waals surface area contributed by atoms with Gasteiger partial charge in [0.2, 0.25) is 5.91 Å². The van der Waals surface area contributed by atoms with Crippen molar-refractivity contribution in [3.8, 4) is 11.8 Å². The highest BCUT2D eigenvalue weighted by Crippen LogP contribution is 2.38. The number of anilines is 1. The summed E-state index contributed by atoms with van der Waals surface area (Å²) in [6, 6.07) is 1.44. The minimum absolute atomic E-state index is 0.0378. The molecule has 0 unspecified atom stereocenters. The largest absolute Gasteiger partial charge is 0.477 e. The van der Waals surface area contributed by atoms with Gasteiger partial charge in [0.25, 0.3) is 0 Å². The molecule has 9 heteroatoms. The van der Waals surface area contributed by atoms with E-state index in [2.05, 4.69) is 24.1 Å². The second-order valence-electron chi connectivity index (χ2n) is 12.0. The van der Waals surface area contributed by atoms with Gasteiger partial charge in [-0.3, -0.25) is 4.79 Å². The molecule has 0 aromatic carbocycles. The SMILES string of the molecule is CC1CCC(C(=O)N(c2cc(C#CC(C)(C)C)sc2C(=O)O)[C@H]2CCN(C(=O)O[C@@H]3CCCNC3)C2)CC1. The van der Waals surface area contributed by atoms with E-state index in [-0.39, 0.29) is 40.4 Å². The van der Waals surface area contributed by atoms with Gasteiger partial charge in [0.05, 0.1) is 16.6 Å². The van der Waals surface area contributed by atoms with Crippen molar-refractivity contribution in [2.45, 2.75) is 84.8 Å². The van der Waals surface area contributed by atoms with E-state index in [0.29, 0.717) is 42.5 Å². The predicted molar refractivity (Wildman–Crippen MR) is 149 cm³/mol. The Labute approximate surface area is 230 Å². The van der Waals surface area contributed by atoms with Crippen LogP contribution in [0.25, 0.3) is 0 Å². The van der Waals surface area contributed by atoms with Crippen LogP contribution in [0.2, 0.25) is 0 Å². The number of hydrogen-bond acceptors (Lipinski definition) is 6. The first-order chi connectivity index (χ1) is 18.0. The van der Waals surface area contributed by atoms with Crippen molar-refractivity contribution in [1.82, 2.24) is 10.2 Å². The second-order valence-corrected chi connectivity index (χ2v) is 13.1. The van der Waals surface area contributed by atoms with Gasteiger partial charge in [-0.25, -0.2) is 9.59 Å². The fraction of sp³-hybridized carbons (Fsp3) is 0.690. The highest BCUT2D eigenvalue weighted by Gasteiger charge is 2.40. The van der Waals surface area contributed by atoms with E-state index < -0.39 is 5.97 Å². The summed E-state index contributed by atoms with van der Waals surface area (Å²) < 4.78 is 5.74. The molecule has 4 rings (SSSR count). The molecule has 3 aliphatic rings. The van der Waals surface area contributed by atoms with E-state index in [9.17, 15) is 19.5 Å². The number of carboxylic acid groups (broad SMARTS) is 1. The third kappa shape index (κ3) is 7.09. The summed E-state index contributed by atoms with van der Waals surface area (Å²) in [5, 5.41) is 13.3. The number of carboxylic acids is 1. The number of likely N-dealkylation sites (tertiary alicyclic amines) is 1. The topological polar surface area (TPSA) is 99.2 Å². The average Bonchev–Trinajstić information content (AvgIpc) is 3.52. The predicted octanol–water partition coefficient (Wildman–Crippen LogP) is 4.97. The van der Waals surface area contributed by atoms with Gasteiger partial charge in [-0.05, 0) is 84.2 Å². The molecule has 2 N–H and O–H groups in total. The molecule has 0 bridgehead atoms. The van der Waals surface area contributed by atoms with E-state index in [1.807, 2.05) is 20.8 Å². The minimum atomic E-state index is -1.07. The summed E-state index contributed by atoms with van der Waals surface area (Å²) in [7, 11) is 0. The van der Waals surface area contributed by atoms with Gasteiger partial charge in [0.15, 0.2) is 0 Å². The van der Waals surface area contributed by atoms with Gasteiger partial charge in [-0.1, -0.05) is 18.8 Å². The van der Waals surface area contributed by atoms with E-state index in [1.165, 1.54) is 0 Å². The molecule has 1 saturated carbocycles. The summed E-state index contributed by atoms with van der Waals surface area (Å²) >= 11 is 1.11. The second kappa shape index (κ2) is 12.1. The normalized spacial score (nSPS) is 25.8. The average molecular weight is 544 g/mol. The Morgan fingerprint density at radius 2 is 1.89 bits per heavy atom. The van der Waals surface area contributed by atoms with Crippen LogP contribution in [0.4, 0.5) is 10.5 Å². The smallest absolute Gasteiger partial charge is 0.410 e. The standard InChI is InChI=1S/C29H41N3O5S/c1-19-7-9-20(10-8-19)26(33)32(24-16-23(11-13-29(2,3)4)38-25(24)27(34)35)21-12-15-31(18-21)28(36)37-22-6-5-14-30-17-22/h16,19-22,30H,5-10,12,14-15,17-18H2,1-4H3,(H,34,35)/t19?,20?,21-,22+/m0/s1. The van der Waals surface area contributed by atoms with Crippen LogP contribution in [0.15, 0.2) is 6.07 Å². The quantitative estimate of drug-likeness (QED) is 0.509. The number of nitrogens with zero attached hydrogens (tertiary/aromatic N) is 2. The van der Waals surface area contributed by atoms with Crippen molar-refractivity contribution in [1.29, 1.82) is 0 Å². The molecule has 2 aliphatic heterocycles. The number of aromatic carboxylic acids is 1.